The van der Waals surface area contributed by atoms with Crippen LogP contribution in [-0.4, -0.2) is 19.8 Å². The Morgan fingerprint density at radius 1 is 1.20 bits per heavy atom. The number of hydrogen-bond donors (Lipinski definition) is 1. The summed E-state index contributed by atoms with van der Waals surface area (Å²) in [6.07, 6.45) is 0.0135. The van der Waals surface area contributed by atoms with Crippen LogP contribution in [0.2, 0.25) is 0 Å². The van der Waals surface area contributed by atoms with Crippen molar-refractivity contribution < 1.29 is 10.0 Å². The lowest BCUT2D eigenvalue weighted by Gasteiger charge is -2.23. The van der Waals surface area contributed by atoms with Crippen molar-refractivity contribution >= 4 is 5.76 Å². The van der Waals surface area contributed by atoms with Crippen LogP contribution in [0.3, 0.4) is 0 Å². The van der Waals surface area contributed by atoms with E-state index in [1.54, 1.807) is 54.6 Å². The number of nitriles is 1. The summed E-state index contributed by atoms with van der Waals surface area (Å²) in [5.41, 5.74) is 0.834. The van der Waals surface area contributed by atoms with Crippen LogP contribution in [-0.2, 0) is 6.42 Å². The molecule has 1 atom stereocenters. The molecule has 148 valence electrons. The van der Waals surface area contributed by atoms with Crippen LogP contribution in [0.5, 0.6) is 0 Å². The van der Waals surface area contributed by atoms with Crippen molar-refractivity contribution in [1.29, 1.82) is 5.26 Å². The monoisotopic (exact) mass is 400 g/mol. The molecule has 0 bridgehead atoms. The highest BCUT2D eigenvalue weighted by atomic mass is 16.6. The third-order valence-electron chi connectivity index (χ3n) is 5.19. The second kappa shape index (κ2) is 7.29. The molecule has 2 aromatic carbocycles. The van der Waals surface area contributed by atoms with Gasteiger partial charge in [0, 0.05) is 5.56 Å². The molecule has 3 aromatic rings. The lowest BCUT2D eigenvalue weighted by molar-refractivity contribution is -0.430. The lowest BCUT2D eigenvalue weighted by Crippen LogP contribution is -2.31. The van der Waals surface area contributed by atoms with Crippen LogP contribution in [0.15, 0.2) is 65.1 Å². The predicted octanol–water partition coefficient (Wildman–Crippen LogP) is 3.26. The Hall–Kier alpha value is -4.25. The zero-order valence-electron chi connectivity index (χ0n) is 15.9. The standard InChI is InChI=1S/C22H16N4O4/c1-13-7-9-15(10-8-13)25-22(28)18(12-23)17-11-16(14-5-3-2-4-6-14)20(26(29)30)21(27)19(17)24-25/h2-10,16,27H,11H2,1H3. The maximum absolute atomic E-state index is 13.0. The van der Waals surface area contributed by atoms with Crippen molar-refractivity contribution in [2.45, 2.75) is 19.3 Å². The van der Waals surface area contributed by atoms with Gasteiger partial charge in [-0.2, -0.15) is 15.0 Å². The van der Waals surface area contributed by atoms with Crippen LogP contribution < -0.4 is 5.56 Å². The first kappa shape index (κ1) is 19.1. The van der Waals surface area contributed by atoms with E-state index >= 15 is 0 Å². The van der Waals surface area contributed by atoms with Gasteiger partial charge in [-0.05, 0) is 31.0 Å². The Morgan fingerprint density at radius 2 is 1.87 bits per heavy atom. The fourth-order valence-corrected chi connectivity index (χ4v) is 3.69. The van der Waals surface area contributed by atoms with Crippen molar-refractivity contribution in [2.75, 3.05) is 0 Å². The highest BCUT2D eigenvalue weighted by Crippen LogP contribution is 2.39. The molecular formula is C22H16N4O4. The van der Waals surface area contributed by atoms with Crippen molar-refractivity contribution in [3.05, 3.63) is 109 Å². The zero-order valence-corrected chi connectivity index (χ0v) is 15.9. The summed E-state index contributed by atoms with van der Waals surface area (Å²) in [5, 5.41) is 36.5. The highest BCUT2D eigenvalue weighted by Gasteiger charge is 2.40. The maximum Gasteiger partial charge on any atom is 0.297 e. The number of fused-ring (bicyclic) bond motifs is 1. The van der Waals surface area contributed by atoms with E-state index in [9.17, 15) is 25.3 Å². The topological polar surface area (TPSA) is 122 Å². The Balaban J connectivity index is 2.00. The first-order chi connectivity index (χ1) is 14.4. The predicted molar refractivity (Wildman–Crippen MR) is 109 cm³/mol. The van der Waals surface area contributed by atoms with Crippen LogP contribution in [0, 0.1) is 28.4 Å². The average Bonchev–Trinajstić information content (AvgIpc) is 2.74. The molecular weight excluding hydrogens is 384 g/mol. The van der Waals surface area contributed by atoms with Gasteiger partial charge in [-0.3, -0.25) is 14.9 Å². The molecule has 0 aliphatic heterocycles. The van der Waals surface area contributed by atoms with Crippen LogP contribution in [0.25, 0.3) is 11.4 Å². The smallest absolute Gasteiger partial charge is 0.297 e. The van der Waals surface area contributed by atoms with E-state index in [1.807, 2.05) is 13.0 Å². The molecule has 1 N–H and O–H groups in total. The first-order valence-electron chi connectivity index (χ1n) is 9.18. The Bertz CT molecular complexity index is 1290. The zero-order chi connectivity index (χ0) is 21.4. The largest absolute Gasteiger partial charge is 0.501 e. The number of nitrogens with zero attached hydrogens (tertiary/aromatic N) is 4. The van der Waals surface area contributed by atoms with Gasteiger partial charge in [0.1, 0.15) is 17.3 Å². The summed E-state index contributed by atoms with van der Waals surface area (Å²) < 4.78 is 0.994. The number of rotatable bonds is 3. The van der Waals surface area contributed by atoms with E-state index in [0.717, 1.165) is 10.2 Å². The second-order valence-electron chi connectivity index (χ2n) is 7.02. The summed E-state index contributed by atoms with van der Waals surface area (Å²) in [6, 6.07) is 17.4. The molecule has 8 heteroatoms. The average molecular weight is 400 g/mol. The van der Waals surface area contributed by atoms with E-state index in [2.05, 4.69) is 5.10 Å². The summed E-state index contributed by atoms with van der Waals surface area (Å²) in [5.74, 6) is -1.44. The minimum absolute atomic E-state index is 0.0135. The van der Waals surface area contributed by atoms with Gasteiger partial charge >= 0.3 is 0 Å². The summed E-state index contributed by atoms with van der Waals surface area (Å²) >= 11 is 0. The number of hydrogen-bond acceptors (Lipinski definition) is 6. The van der Waals surface area contributed by atoms with Gasteiger partial charge in [0.2, 0.25) is 5.76 Å². The first-order valence-corrected chi connectivity index (χ1v) is 9.18. The number of benzene rings is 2. The van der Waals surface area contributed by atoms with Crippen LogP contribution in [0.4, 0.5) is 0 Å². The molecule has 0 amide bonds. The van der Waals surface area contributed by atoms with E-state index in [-0.39, 0.29) is 23.2 Å². The molecule has 0 spiro atoms. The minimum atomic E-state index is -0.808. The van der Waals surface area contributed by atoms with E-state index in [1.165, 1.54) is 0 Å². The van der Waals surface area contributed by atoms with Gasteiger partial charge in [-0.25, -0.2) is 0 Å². The number of aryl methyl sites for hydroxylation is 1. The van der Waals surface area contributed by atoms with Crippen molar-refractivity contribution in [3.8, 4) is 11.8 Å². The molecule has 1 aliphatic rings. The van der Waals surface area contributed by atoms with E-state index in [4.69, 9.17) is 0 Å². The Morgan fingerprint density at radius 3 is 2.47 bits per heavy atom. The Kier molecular flexibility index (Phi) is 4.64. The van der Waals surface area contributed by atoms with Gasteiger partial charge in [0.05, 0.1) is 16.5 Å². The van der Waals surface area contributed by atoms with Gasteiger partial charge in [0.15, 0.2) is 0 Å². The van der Waals surface area contributed by atoms with Crippen molar-refractivity contribution in [1.82, 2.24) is 9.78 Å². The molecule has 30 heavy (non-hydrogen) atoms. The van der Waals surface area contributed by atoms with Gasteiger partial charge in [-0.1, -0.05) is 48.0 Å². The van der Waals surface area contributed by atoms with Crippen molar-refractivity contribution in [2.24, 2.45) is 0 Å². The minimum Gasteiger partial charge on any atom is -0.501 e. The number of aromatic nitrogens is 2. The quantitative estimate of drug-likeness (QED) is 0.532. The number of nitro groups is 1. The third-order valence-corrected chi connectivity index (χ3v) is 5.19. The molecule has 0 saturated carbocycles. The van der Waals surface area contributed by atoms with Crippen molar-refractivity contribution in [3.63, 3.8) is 0 Å². The summed E-state index contributed by atoms with van der Waals surface area (Å²) in [7, 11) is 0. The molecule has 4 rings (SSSR count). The third kappa shape index (κ3) is 3.02. The van der Waals surface area contributed by atoms with Gasteiger partial charge in [0.25, 0.3) is 11.3 Å². The maximum atomic E-state index is 13.0. The van der Waals surface area contributed by atoms with E-state index in [0.29, 0.717) is 11.3 Å². The summed E-state index contributed by atoms with van der Waals surface area (Å²) in [4.78, 5) is 24.1. The fourth-order valence-electron chi connectivity index (χ4n) is 3.69. The molecule has 8 nitrogen and oxygen atoms in total. The van der Waals surface area contributed by atoms with Gasteiger partial charge < -0.3 is 5.11 Å². The van der Waals surface area contributed by atoms with Crippen LogP contribution >= 0.6 is 0 Å². The molecule has 1 aliphatic carbocycles. The number of allylic oxidation sites excluding steroid dienone is 1. The molecule has 1 aromatic heterocycles. The normalized spacial score (nSPS) is 15.4. The number of aliphatic hydroxyl groups excluding tert-OH is 1. The van der Waals surface area contributed by atoms with E-state index < -0.39 is 27.9 Å². The lowest BCUT2D eigenvalue weighted by atomic mass is 9.82. The SMILES string of the molecule is Cc1ccc(-n2nc3c(c(C#N)c2=O)CC(c2ccccc2)C([N+](=O)[O-])=C3O)cc1. The second-order valence-corrected chi connectivity index (χ2v) is 7.02. The highest BCUT2D eigenvalue weighted by molar-refractivity contribution is 5.67. The van der Waals surface area contributed by atoms with Crippen LogP contribution in [0.1, 0.15) is 33.9 Å². The number of aliphatic hydroxyl groups is 1. The van der Waals surface area contributed by atoms with Gasteiger partial charge in [-0.15, -0.1) is 0 Å². The molecule has 0 fully saturated rings. The molecule has 0 radical (unpaired) electrons. The Labute approximate surface area is 171 Å². The molecule has 1 heterocycles. The summed E-state index contributed by atoms with van der Waals surface area (Å²) in [6.45, 7) is 1.88. The fraction of sp³-hybridized carbons (Fsp3) is 0.136. The molecule has 0 saturated heterocycles. The molecule has 1 unspecified atom stereocenters.